The second-order valence-corrected chi connectivity index (χ2v) is 7.39. The fraction of sp³-hybridized carbons (Fsp3) is 0.600. The van der Waals surface area contributed by atoms with E-state index in [1.807, 2.05) is 0 Å². The molecule has 142 valence electrons. The van der Waals surface area contributed by atoms with Crippen LogP contribution in [0.3, 0.4) is 0 Å². The zero-order valence-corrected chi connectivity index (χ0v) is 15.9. The van der Waals surface area contributed by atoms with Crippen LogP contribution in [0.1, 0.15) is 52.0 Å². The van der Waals surface area contributed by atoms with E-state index in [9.17, 15) is 9.90 Å². The van der Waals surface area contributed by atoms with Gasteiger partial charge in [0.05, 0.1) is 18.8 Å². The highest BCUT2D eigenvalue weighted by atomic mass is 16.5. The molecule has 0 saturated heterocycles. The van der Waals surface area contributed by atoms with Crippen molar-refractivity contribution in [1.29, 1.82) is 0 Å². The number of aliphatic hydroxyl groups is 1. The van der Waals surface area contributed by atoms with Crippen LogP contribution in [0.5, 0.6) is 5.75 Å². The number of ether oxygens (including phenoxy) is 1. The van der Waals surface area contributed by atoms with Gasteiger partial charge in [0.1, 0.15) is 12.4 Å². The highest BCUT2D eigenvalue weighted by Gasteiger charge is 2.33. The predicted octanol–water partition coefficient (Wildman–Crippen LogP) is 2.63. The Morgan fingerprint density at radius 1 is 1.38 bits per heavy atom. The number of nitrogens with zero attached hydrogens (tertiary/aromatic N) is 2. The predicted molar refractivity (Wildman–Crippen MR) is 103 cm³/mol. The lowest BCUT2D eigenvalue weighted by atomic mass is 9.87. The van der Waals surface area contributed by atoms with Crippen molar-refractivity contribution >= 4 is 6.21 Å². The number of aliphatic hydroxyl groups excluding tert-OH is 1. The molecule has 0 radical (unpaired) electrons. The van der Waals surface area contributed by atoms with Gasteiger partial charge in [-0.1, -0.05) is 0 Å². The van der Waals surface area contributed by atoms with Crippen LogP contribution >= 0.6 is 0 Å². The second-order valence-electron chi connectivity index (χ2n) is 7.39. The summed E-state index contributed by atoms with van der Waals surface area (Å²) in [6.45, 7) is 6.85. The van der Waals surface area contributed by atoms with E-state index in [2.05, 4.69) is 41.9 Å². The number of aliphatic imine (C=N–C) groups is 1. The highest BCUT2D eigenvalue weighted by molar-refractivity contribution is 5.72. The van der Waals surface area contributed by atoms with Gasteiger partial charge in [0.15, 0.2) is 0 Å². The minimum absolute atomic E-state index is 0.205. The van der Waals surface area contributed by atoms with Gasteiger partial charge in [-0.05, 0) is 57.6 Å². The van der Waals surface area contributed by atoms with Crippen molar-refractivity contribution in [2.45, 2.75) is 71.3 Å². The third kappa shape index (κ3) is 3.91. The first-order valence-corrected chi connectivity index (χ1v) is 9.48. The summed E-state index contributed by atoms with van der Waals surface area (Å²) in [4.78, 5) is 21.1. The van der Waals surface area contributed by atoms with E-state index in [-0.39, 0.29) is 24.4 Å². The van der Waals surface area contributed by atoms with E-state index in [0.717, 1.165) is 12.8 Å². The Morgan fingerprint density at radius 3 is 2.88 bits per heavy atom. The zero-order valence-electron chi connectivity index (χ0n) is 15.9. The van der Waals surface area contributed by atoms with Crippen molar-refractivity contribution in [3.63, 3.8) is 0 Å². The minimum atomic E-state index is -0.234. The number of hydrogen-bond acceptors (Lipinski definition) is 5. The topological polar surface area (TPSA) is 77.9 Å². The minimum Gasteiger partial charge on any atom is -0.487 e. The number of pyridine rings is 1. The smallest absolute Gasteiger partial charge is 0.248 e. The van der Waals surface area contributed by atoms with Gasteiger partial charge >= 0.3 is 0 Å². The number of H-pyrrole nitrogens is 1. The molecule has 26 heavy (non-hydrogen) atoms. The van der Waals surface area contributed by atoms with E-state index in [1.54, 1.807) is 0 Å². The molecule has 1 aromatic rings. The van der Waals surface area contributed by atoms with Crippen molar-refractivity contribution < 1.29 is 9.84 Å². The molecule has 1 aliphatic heterocycles. The fourth-order valence-corrected chi connectivity index (χ4v) is 4.05. The lowest BCUT2D eigenvalue weighted by Gasteiger charge is -2.35. The molecule has 0 amide bonds. The Labute approximate surface area is 154 Å². The van der Waals surface area contributed by atoms with E-state index in [4.69, 9.17) is 4.74 Å². The molecule has 2 aliphatic rings. The Bertz CT molecular complexity index is 751. The number of aromatic nitrogens is 1. The Balaban J connectivity index is 1.82. The Morgan fingerprint density at radius 2 is 2.15 bits per heavy atom. The maximum Gasteiger partial charge on any atom is 0.248 e. The average molecular weight is 359 g/mol. The SMILES string of the molecule is CC(C)N1C(C)N=CC1C1=C(COc2c[nH]c(=O)cc2CO)CCCC1. The average Bonchev–Trinajstić information content (AvgIpc) is 3.02. The summed E-state index contributed by atoms with van der Waals surface area (Å²) in [6, 6.07) is 2.06. The van der Waals surface area contributed by atoms with Gasteiger partial charge < -0.3 is 14.8 Å². The van der Waals surface area contributed by atoms with Crippen LogP contribution in [0, 0.1) is 0 Å². The molecule has 2 unspecified atom stereocenters. The summed E-state index contributed by atoms with van der Waals surface area (Å²) >= 11 is 0. The lowest BCUT2D eigenvalue weighted by Crippen LogP contribution is -2.43. The van der Waals surface area contributed by atoms with Crippen LogP contribution in [0.15, 0.2) is 33.2 Å². The van der Waals surface area contributed by atoms with Gasteiger partial charge in [0.25, 0.3) is 0 Å². The number of aromatic amines is 1. The van der Waals surface area contributed by atoms with E-state index >= 15 is 0 Å². The molecule has 0 aromatic carbocycles. The summed E-state index contributed by atoms with van der Waals surface area (Å²) in [5.74, 6) is 0.540. The van der Waals surface area contributed by atoms with Gasteiger partial charge in [-0.25, -0.2) is 0 Å². The van der Waals surface area contributed by atoms with Gasteiger partial charge in [0, 0.05) is 30.1 Å². The molecule has 6 nitrogen and oxygen atoms in total. The van der Waals surface area contributed by atoms with Crippen LogP contribution in [0.4, 0.5) is 0 Å². The summed E-state index contributed by atoms with van der Waals surface area (Å²) in [7, 11) is 0. The van der Waals surface area contributed by atoms with Crippen molar-refractivity contribution in [3.8, 4) is 5.75 Å². The van der Waals surface area contributed by atoms with Crippen molar-refractivity contribution in [3.05, 3.63) is 39.3 Å². The monoisotopic (exact) mass is 359 g/mol. The maximum absolute atomic E-state index is 11.4. The number of hydrogen-bond donors (Lipinski definition) is 2. The van der Waals surface area contributed by atoms with Crippen LogP contribution in [-0.2, 0) is 6.61 Å². The first-order valence-electron chi connectivity index (χ1n) is 9.48. The van der Waals surface area contributed by atoms with Crippen LogP contribution in [0.2, 0.25) is 0 Å². The van der Waals surface area contributed by atoms with E-state index in [0.29, 0.717) is 24.0 Å². The molecular formula is C20H29N3O3. The molecule has 1 aliphatic carbocycles. The summed E-state index contributed by atoms with van der Waals surface area (Å²) in [5.41, 5.74) is 3.03. The van der Waals surface area contributed by atoms with Crippen molar-refractivity contribution in [2.24, 2.45) is 4.99 Å². The van der Waals surface area contributed by atoms with Crippen molar-refractivity contribution in [1.82, 2.24) is 9.88 Å². The quantitative estimate of drug-likeness (QED) is 0.766. The van der Waals surface area contributed by atoms with Gasteiger partial charge in [-0.3, -0.25) is 14.7 Å². The third-order valence-electron chi connectivity index (χ3n) is 5.32. The molecule has 0 spiro atoms. The molecule has 6 heteroatoms. The van der Waals surface area contributed by atoms with E-state index in [1.165, 1.54) is 36.3 Å². The largest absolute Gasteiger partial charge is 0.487 e. The van der Waals surface area contributed by atoms with Gasteiger partial charge in [-0.15, -0.1) is 0 Å². The zero-order chi connectivity index (χ0) is 18.7. The summed E-state index contributed by atoms with van der Waals surface area (Å²) < 4.78 is 5.98. The molecule has 1 aromatic heterocycles. The number of rotatable bonds is 6. The molecule has 2 N–H and O–H groups in total. The Hall–Kier alpha value is -1.92. The third-order valence-corrected chi connectivity index (χ3v) is 5.32. The Kier molecular flexibility index (Phi) is 5.94. The molecular weight excluding hydrogens is 330 g/mol. The van der Waals surface area contributed by atoms with Gasteiger partial charge in [-0.2, -0.15) is 0 Å². The first-order chi connectivity index (χ1) is 12.5. The van der Waals surface area contributed by atoms with Crippen molar-refractivity contribution in [2.75, 3.05) is 6.61 Å². The molecule has 2 heterocycles. The lowest BCUT2D eigenvalue weighted by molar-refractivity contribution is 0.174. The normalized spacial score (nSPS) is 23.9. The number of nitrogens with one attached hydrogen (secondary N) is 1. The van der Waals surface area contributed by atoms with Crippen LogP contribution < -0.4 is 10.3 Å². The molecule has 0 bridgehead atoms. The molecule has 0 saturated carbocycles. The van der Waals surface area contributed by atoms with Gasteiger partial charge in [0.2, 0.25) is 5.56 Å². The summed E-state index contributed by atoms with van der Waals surface area (Å²) in [6.07, 6.45) is 8.30. The highest BCUT2D eigenvalue weighted by Crippen LogP contribution is 2.33. The standard InChI is InChI=1S/C20H29N3O3/c1-13(2)23-14(3)21-9-18(23)17-7-5-4-6-15(17)12-26-19-10-22-20(25)8-16(19)11-24/h8-10,13-14,18,24H,4-7,11-12H2,1-3H3,(H,22,25). The van der Waals surface area contributed by atoms with Crippen LogP contribution in [0.25, 0.3) is 0 Å². The summed E-state index contributed by atoms with van der Waals surface area (Å²) in [5, 5.41) is 9.46. The van der Waals surface area contributed by atoms with Crippen LogP contribution in [-0.4, -0.2) is 46.1 Å². The maximum atomic E-state index is 11.4. The molecule has 0 fully saturated rings. The van der Waals surface area contributed by atoms with E-state index < -0.39 is 0 Å². The fourth-order valence-electron chi connectivity index (χ4n) is 4.05. The second kappa shape index (κ2) is 8.18. The molecule has 2 atom stereocenters. The first kappa shape index (κ1) is 18.9. The molecule has 3 rings (SSSR count).